The van der Waals surface area contributed by atoms with Crippen molar-refractivity contribution in [1.82, 2.24) is 20.3 Å². The number of para-hydroxylation sites is 1. The van der Waals surface area contributed by atoms with Crippen molar-refractivity contribution in [2.24, 2.45) is 5.92 Å². The molecule has 42 heavy (non-hydrogen) atoms. The Morgan fingerprint density at radius 2 is 1.71 bits per heavy atom. The van der Waals surface area contributed by atoms with Gasteiger partial charge in [-0.2, -0.15) is 4.98 Å². The van der Waals surface area contributed by atoms with E-state index in [4.69, 9.17) is 9.97 Å². The maximum absolute atomic E-state index is 13.5. The zero-order valence-electron chi connectivity index (χ0n) is 23.6. The molecule has 0 radical (unpaired) electrons. The fourth-order valence-corrected chi connectivity index (χ4v) is 5.85. The summed E-state index contributed by atoms with van der Waals surface area (Å²) >= 11 is 0. The Morgan fingerprint density at radius 1 is 0.976 bits per heavy atom. The van der Waals surface area contributed by atoms with E-state index in [2.05, 4.69) is 15.6 Å². The molecule has 2 aromatic heterocycles. The second kappa shape index (κ2) is 11.5. The highest BCUT2D eigenvalue weighted by Crippen LogP contribution is 2.35. The van der Waals surface area contributed by atoms with Crippen LogP contribution in [0.4, 0.5) is 17.5 Å². The lowest BCUT2D eigenvalue weighted by Crippen LogP contribution is -2.34. The lowest BCUT2D eigenvalue weighted by Gasteiger charge is -2.29. The van der Waals surface area contributed by atoms with Crippen LogP contribution in [0.2, 0.25) is 0 Å². The van der Waals surface area contributed by atoms with Crippen molar-refractivity contribution in [3.8, 4) is 11.1 Å². The third kappa shape index (κ3) is 5.47. The van der Waals surface area contributed by atoms with Crippen molar-refractivity contribution >= 4 is 45.2 Å². The van der Waals surface area contributed by atoms with Crippen molar-refractivity contribution in [2.45, 2.75) is 31.7 Å². The number of non-ortho nitro benzene ring substituents is 1. The third-order valence-electron chi connectivity index (χ3n) is 8.02. The van der Waals surface area contributed by atoms with Gasteiger partial charge in [0.1, 0.15) is 11.5 Å². The average Bonchev–Trinajstić information content (AvgIpc) is 3.39. The largest absolute Gasteiger partial charge is 0.362 e. The number of nitro groups is 1. The van der Waals surface area contributed by atoms with E-state index in [0.29, 0.717) is 40.6 Å². The number of rotatable bonds is 8. The third-order valence-corrected chi connectivity index (χ3v) is 8.02. The van der Waals surface area contributed by atoms with E-state index in [1.807, 2.05) is 73.6 Å². The molecule has 5 aromatic rings. The van der Waals surface area contributed by atoms with Crippen LogP contribution in [-0.2, 0) is 0 Å². The molecule has 1 aliphatic carbocycles. The van der Waals surface area contributed by atoms with Gasteiger partial charge in [-0.1, -0.05) is 42.5 Å². The van der Waals surface area contributed by atoms with Gasteiger partial charge in [0.15, 0.2) is 0 Å². The quantitative estimate of drug-likeness (QED) is 0.152. The number of nitrogens with zero attached hydrogens (tertiary/aromatic N) is 4. The lowest BCUT2D eigenvalue weighted by molar-refractivity contribution is -0.384. The summed E-state index contributed by atoms with van der Waals surface area (Å²) in [6, 6.07) is 22.4. The van der Waals surface area contributed by atoms with Gasteiger partial charge in [0.05, 0.1) is 10.4 Å². The standard InChI is InChI=1S/C32H33N7O3/c1-38(2)30-24-10-6-7-11-26(24)36-32(37-30)34-22-14-12-20(13-15-22)19-33-31(40)29-28(21-8-4-3-5-9-21)25-18-23(39(41)42)16-17-27(25)35-29/h3-11,16-18,20,22,35H,12-15,19H2,1-2H3,(H,33,40)(H,34,36,37)/t20-,22+. The molecule has 0 unspecified atom stereocenters. The van der Waals surface area contributed by atoms with Gasteiger partial charge in [0, 0.05) is 60.7 Å². The number of carbonyl (C=O) groups is 1. The van der Waals surface area contributed by atoms with E-state index < -0.39 is 4.92 Å². The lowest BCUT2D eigenvalue weighted by atomic mass is 9.86. The molecule has 0 aliphatic heterocycles. The summed E-state index contributed by atoms with van der Waals surface area (Å²) in [5.41, 5.74) is 3.50. The molecule has 3 aromatic carbocycles. The highest BCUT2D eigenvalue weighted by Gasteiger charge is 2.25. The predicted molar refractivity (Wildman–Crippen MR) is 166 cm³/mol. The minimum atomic E-state index is -0.417. The second-order valence-corrected chi connectivity index (χ2v) is 11.1. The van der Waals surface area contributed by atoms with E-state index in [1.165, 1.54) is 12.1 Å². The molecule has 1 fully saturated rings. The Balaban J connectivity index is 1.12. The summed E-state index contributed by atoms with van der Waals surface area (Å²) in [6.45, 7) is 0.562. The van der Waals surface area contributed by atoms with Gasteiger partial charge in [-0.15, -0.1) is 0 Å². The van der Waals surface area contributed by atoms with Crippen LogP contribution in [0.5, 0.6) is 0 Å². The average molecular weight is 564 g/mol. The van der Waals surface area contributed by atoms with Crippen molar-refractivity contribution in [3.63, 3.8) is 0 Å². The number of fused-ring (bicyclic) bond motifs is 2. The molecule has 0 saturated heterocycles. The molecule has 2 heterocycles. The number of anilines is 2. The van der Waals surface area contributed by atoms with Gasteiger partial charge in [-0.25, -0.2) is 4.98 Å². The molecule has 6 rings (SSSR count). The van der Waals surface area contributed by atoms with Crippen LogP contribution < -0.4 is 15.5 Å². The number of hydrogen-bond acceptors (Lipinski definition) is 7. The van der Waals surface area contributed by atoms with Crippen molar-refractivity contribution in [1.29, 1.82) is 0 Å². The van der Waals surface area contributed by atoms with Crippen molar-refractivity contribution in [2.75, 3.05) is 30.9 Å². The maximum atomic E-state index is 13.5. The molecular weight excluding hydrogens is 530 g/mol. The summed E-state index contributed by atoms with van der Waals surface area (Å²) in [4.78, 5) is 39.2. The molecule has 10 nitrogen and oxygen atoms in total. The van der Waals surface area contributed by atoms with Gasteiger partial charge < -0.3 is 20.5 Å². The Kier molecular flexibility index (Phi) is 7.43. The van der Waals surface area contributed by atoms with Crippen molar-refractivity contribution in [3.05, 3.63) is 88.6 Å². The number of nitro benzene ring substituents is 1. The summed E-state index contributed by atoms with van der Waals surface area (Å²) < 4.78 is 0. The SMILES string of the molecule is CN(C)c1nc(N[C@H]2CC[C@@H](CNC(=O)c3[nH]c4ccc([N+](=O)[O-])cc4c3-c3ccccc3)CC2)nc2ccccc12. The summed E-state index contributed by atoms with van der Waals surface area (Å²) in [7, 11) is 3.97. The number of nitrogens with one attached hydrogen (secondary N) is 3. The first-order chi connectivity index (χ1) is 20.4. The van der Waals surface area contributed by atoms with E-state index >= 15 is 0 Å². The topological polar surface area (TPSA) is 129 Å². The normalized spacial score (nSPS) is 16.8. The molecule has 1 saturated carbocycles. The molecule has 10 heteroatoms. The Morgan fingerprint density at radius 3 is 2.45 bits per heavy atom. The first-order valence-corrected chi connectivity index (χ1v) is 14.2. The first-order valence-electron chi connectivity index (χ1n) is 14.2. The molecule has 0 bridgehead atoms. The number of carbonyl (C=O) groups excluding carboxylic acids is 1. The maximum Gasteiger partial charge on any atom is 0.270 e. The Bertz CT molecular complexity index is 1760. The van der Waals surface area contributed by atoms with Gasteiger partial charge in [0.25, 0.3) is 11.6 Å². The molecular formula is C32H33N7O3. The van der Waals surface area contributed by atoms with Crippen LogP contribution in [0.15, 0.2) is 72.8 Å². The van der Waals surface area contributed by atoms with Crippen LogP contribution in [0.25, 0.3) is 32.9 Å². The number of benzene rings is 3. The molecule has 1 amide bonds. The predicted octanol–water partition coefficient (Wildman–Crippen LogP) is 6.15. The molecule has 0 atom stereocenters. The fraction of sp³-hybridized carbons (Fsp3) is 0.281. The van der Waals surface area contributed by atoms with Gasteiger partial charge in [0.2, 0.25) is 5.95 Å². The molecule has 1 aliphatic rings. The zero-order valence-corrected chi connectivity index (χ0v) is 23.6. The second-order valence-electron chi connectivity index (χ2n) is 11.1. The van der Waals surface area contributed by atoms with Crippen molar-refractivity contribution < 1.29 is 9.72 Å². The van der Waals surface area contributed by atoms with Gasteiger partial charge in [-0.3, -0.25) is 14.9 Å². The van der Waals surface area contributed by atoms with E-state index in [0.717, 1.165) is 48.0 Å². The monoisotopic (exact) mass is 563 g/mol. The van der Waals surface area contributed by atoms with Crippen LogP contribution in [-0.4, -0.2) is 52.5 Å². The zero-order chi connectivity index (χ0) is 29.2. The number of aromatic amines is 1. The minimum Gasteiger partial charge on any atom is -0.362 e. The van der Waals surface area contributed by atoms with Gasteiger partial charge in [-0.05, 0) is 55.4 Å². The number of aromatic nitrogens is 3. The summed E-state index contributed by atoms with van der Waals surface area (Å²) in [5.74, 6) is 1.67. The van der Waals surface area contributed by atoms with E-state index in [-0.39, 0.29) is 17.6 Å². The van der Waals surface area contributed by atoms with Crippen LogP contribution >= 0.6 is 0 Å². The fourth-order valence-electron chi connectivity index (χ4n) is 5.85. The van der Waals surface area contributed by atoms with Crippen LogP contribution in [0.3, 0.4) is 0 Å². The van der Waals surface area contributed by atoms with Crippen LogP contribution in [0, 0.1) is 16.0 Å². The summed E-state index contributed by atoms with van der Waals surface area (Å²) in [5, 5.41) is 19.8. The van der Waals surface area contributed by atoms with Crippen LogP contribution in [0.1, 0.15) is 36.2 Å². The molecule has 0 spiro atoms. The Hall–Kier alpha value is -4.99. The highest BCUT2D eigenvalue weighted by molar-refractivity contribution is 6.10. The molecule has 3 N–H and O–H groups in total. The minimum absolute atomic E-state index is 0.0111. The van der Waals surface area contributed by atoms with E-state index in [1.54, 1.807) is 6.07 Å². The first kappa shape index (κ1) is 27.2. The summed E-state index contributed by atoms with van der Waals surface area (Å²) in [6.07, 6.45) is 3.85. The smallest absolute Gasteiger partial charge is 0.270 e. The number of H-pyrrole nitrogens is 1. The highest BCUT2D eigenvalue weighted by atomic mass is 16.6. The number of amides is 1. The Labute approximate surface area is 243 Å². The van der Waals surface area contributed by atoms with Gasteiger partial charge >= 0.3 is 0 Å². The van der Waals surface area contributed by atoms with E-state index in [9.17, 15) is 14.9 Å². The number of hydrogen-bond donors (Lipinski definition) is 3. The molecule has 214 valence electrons.